The number of aryl methyl sites for hydroxylation is 1. The Labute approximate surface area is 105 Å². The Morgan fingerprint density at radius 2 is 2.22 bits per heavy atom. The van der Waals surface area contributed by atoms with E-state index >= 15 is 0 Å². The van der Waals surface area contributed by atoms with Crippen molar-refractivity contribution in [3.05, 3.63) is 36.5 Å². The van der Waals surface area contributed by atoms with Crippen molar-refractivity contribution in [3.63, 3.8) is 0 Å². The van der Waals surface area contributed by atoms with Crippen LogP contribution in [0.2, 0.25) is 0 Å². The van der Waals surface area contributed by atoms with Crippen LogP contribution in [0, 0.1) is 6.92 Å². The highest BCUT2D eigenvalue weighted by Crippen LogP contribution is 2.11. The molecule has 2 aromatic rings. The highest BCUT2D eigenvalue weighted by molar-refractivity contribution is 5.94. The highest BCUT2D eigenvalue weighted by atomic mass is 16.2. The lowest BCUT2D eigenvalue weighted by molar-refractivity contribution is -0.117. The topological polar surface area (TPSA) is 85.8 Å². The number of aromatic nitrogens is 3. The number of amides is 1. The summed E-state index contributed by atoms with van der Waals surface area (Å²) >= 11 is 0. The lowest BCUT2D eigenvalue weighted by atomic mass is 10.3. The zero-order valence-electron chi connectivity index (χ0n) is 10.3. The number of carbonyl (C=O) groups excluding carboxylic acids is 1. The van der Waals surface area contributed by atoms with Gasteiger partial charge in [-0.05, 0) is 26.0 Å². The molecule has 0 fully saturated rings. The van der Waals surface area contributed by atoms with Crippen molar-refractivity contribution in [2.45, 2.75) is 19.9 Å². The van der Waals surface area contributed by atoms with E-state index in [1.165, 1.54) is 0 Å². The molecule has 2 aromatic heterocycles. The molecule has 94 valence electrons. The molecule has 3 N–H and O–H groups in total. The quantitative estimate of drug-likeness (QED) is 0.839. The molecular weight excluding hydrogens is 230 g/mol. The fourth-order valence-electron chi connectivity index (χ4n) is 1.48. The first-order chi connectivity index (χ1) is 8.58. The van der Waals surface area contributed by atoms with Gasteiger partial charge in [0.25, 0.3) is 0 Å². The zero-order valence-corrected chi connectivity index (χ0v) is 10.3. The third-order valence-electron chi connectivity index (χ3n) is 2.50. The minimum Gasteiger partial charge on any atom is -0.323 e. The molecule has 18 heavy (non-hydrogen) atoms. The molecule has 0 radical (unpaired) electrons. The molecule has 0 saturated heterocycles. The van der Waals surface area contributed by atoms with Crippen molar-refractivity contribution >= 4 is 11.6 Å². The van der Waals surface area contributed by atoms with Gasteiger partial charge in [-0.3, -0.25) is 9.36 Å². The van der Waals surface area contributed by atoms with E-state index in [2.05, 4.69) is 15.3 Å². The fraction of sp³-hybridized carbons (Fsp3) is 0.250. The van der Waals surface area contributed by atoms with Crippen LogP contribution in [-0.4, -0.2) is 26.5 Å². The van der Waals surface area contributed by atoms with Gasteiger partial charge in [-0.2, -0.15) is 0 Å². The summed E-state index contributed by atoms with van der Waals surface area (Å²) in [6.45, 7) is 3.53. The standard InChI is InChI=1S/C12H15N5O/c1-8(13)12(18)16-10-3-4-11(15-7-10)17-6-5-14-9(17)2/h3-8H,13H2,1-2H3,(H,16,18)/t8-/m0/s1. The monoisotopic (exact) mass is 245 g/mol. The van der Waals surface area contributed by atoms with E-state index < -0.39 is 6.04 Å². The molecule has 0 aliphatic heterocycles. The highest BCUT2D eigenvalue weighted by Gasteiger charge is 2.08. The molecule has 1 atom stereocenters. The van der Waals surface area contributed by atoms with Crippen molar-refractivity contribution in [2.24, 2.45) is 5.73 Å². The minimum atomic E-state index is -0.541. The SMILES string of the molecule is Cc1nccn1-c1ccc(NC(=O)[C@H](C)N)cn1. The second-order valence-electron chi connectivity index (χ2n) is 4.03. The smallest absolute Gasteiger partial charge is 0.241 e. The Morgan fingerprint density at radius 3 is 2.72 bits per heavy atom. The van der Waals surface area contributed by atoms with E-state index in [0.717, 1.165) is 11.6 Å². The van der Waals surface area contributed by atoms with Crippen LogP contribution in [0.3, 0.4) is 0 Å². The molecule has 2 rings (SSSR count). The number of nitrogens with one attached hydrogen (secondary N) is 1. The summed E-state index contributed by atoms with van der Waals surface area (Å²) in [4.78, 5) is 19.8. The summed E-state index contributed by atoms with van der Waals surface area (Å²) in [5.74, 6) is 1.38. The summed E-state index contributed by atoms with van der Waals surface area (Å²) in [6.07, 6.45) is 5.13. The maximum absolute atomic E-state index is 11.4. The number of imidazole rings is 1. The van der Waals surface area contributed by atoms with Gasteiger partial charge in [-0.1, -0.05) is 0 Å². The van der Waals surface area contributed by atoms with Crippen molar-refractivity contribution in [1.82, 2.24) is 14.5 Å². The number of nitrogens with two attached hydrogens (primary N) is 1. The molecule has 0 spiro atoms. The van der Waals surface area contributed by atoms with Crippen LogP contribution in [0.15, 0.2) is 30.7 Å². The average Bonchev–Trinajstić information content (AvgIpc) is 2.76. The molecule has 6 nitrogen and oxygen atoms in total. The Kier molecular flexibility index (Phi) is 3.38. The predicted octanol–water partition coefficient (Wildman–Crippen LogP) is 0.861. The van der Waals surface area contributed by atoms with Crippen LogP contribution in [0.5, 0.6) is 0 Å². The van der Waals surface area contributed by atoms with Crippen LogP contribution in [0.25, 0.3) is 5.82 Å². The zero-order chi connectivity index (χ0) is 13.1. The Balaban J connectivity index is 2.16. The molecule has 0 aliphatic carbocycles. The number of hydrogen-bond acceptors (Lipinski definition) is 4. The third kappa shape index (κ3) is 2.54. The lowest BCUT2D eigenvalue weighted by Crippen LogP contribution is -2.32. The van der Waals surface area contributed by atoms with Gasteiger partial charge in [0.2, 0.25) is 5.91 Å². The lowest BCUT2D eigenvalue weighted by Gasteiger charge is -2.08. The Bertz CT molecular complexity index is 544. The number of rotatable bonds is 3. The molecule has 0 saturated carbocycles. The van der Waals surface area contributed by atoms with Crippen molar-refractivity contribution in [3.8, 4) is 5.82 Å². The maximum atomic E-state index is 11.4. The van der Waals surface area contributed by atoms with E-state index in [1.807, 2.05) is 23.8 Å². The predicted molar refractivity (Wildman–Crippen MR) is 68.4 cm³/mol. The molecular formula is C12H15N5O. The normalized spacial score (nSPS) is 12.2. The van der Waals surface area contributed by atoms with Crippen LogP contribution < -0.4 is 11.1 Å². The van der Waals surface area contributed by atoms with Gasteiger partial charge >= 0.3 is 0 Å². The summed E-state index contributed by atoms with van der Waals surface area (Å²) in [7, 11) is 0. The minimum absolute atomic E-state index is 0.233. The average molecular weight is 245 g/mol. The first-order valence-electron chi connectivity index (χ1n) is 5.61. The molecule has 2 heterocycles. The number of nitrogens with zero attached hydrogens (tertiary/aromatic N) is 3. The number of pyridine rings is 1. The van der Waals surface area contributed by atoms with Gasteiger partial charge in [0.15, 0.2) is 0 Å². The first-order valence-corrected chi connectivity index (χ1v) is 5.61. The molecule has 1 amide bonds. The molecule has 0 unspecified atom stereocenters. The maximum Gasteiger partial charge on any atom is 0.241 e. The molecule has 0 aromatic carbocycles. The van der Waals surface area contributed by atoms with Crippen LogP contribution in [0.1, 0.15) is 12.7 Å². The third-order valence-corrected chi connectivity index (χ3v) is 2.50. The van der Waals surface area contributed by atoms with E-state index in [-0.39, 0.29) is 5.91 Å². The first kappa shape index (κ1) is 12.3. The van der Waals surface area contributed by atoms with Crippen molar-refractivity contribution in [1.29, 1.82) is 0 Å². The van der Waals surface area contributed by atoms with E-state index in [0.29, 0.717) is 5.69 Å². The van der Waals surface area contributed by atoms with Crippen molar-refractivity contribution < 1.29 is 4.79 Å². The molecule has 0 aliphatic rings. The fourth-order valence-corrected chi connectivity index (χ4v) is 1.48. The van der Waals surface area contributed by atoms with Crippen LogP contribution >= 0.6 is 0 Å². The second-order valence-corrected chi connectivity index (χ2v) is 4.03. The van der Waals surface area contributed by atoms with Gasteiger partial charge in [-0.25, -0.2) is 9.97 Å². The van der Waals surface area contributed by atoms with Crippen LogP contribution in [0.4, 0.5) is 5.69 Å². The summed E-state index contributed by atoms with van der Waals surface area (Å²) in [6, 6.07) is 3.05. The molecule has 0 bridgehead atoms. The van der Waals surface area contributed by atoms with Gasteiger partial charge in [0.05, 0.1) is 17.9 Å². The summed E-state index contributed by atoms with van der Waals surface area (Å²) in [5, 5.41) is 2.68. The van der Waals surface area contributed by atoms with Gasteiger partial charge in [0.1, 0.15) is 11.6 Å². The van der Waals surface area contributed by atoms with E-state index in [4.69, 9.17) is 5.73 Å². The summed E-state index contributed by atoms with van der Waals surface area (Å²) in [5.41, 5.74) is 6.09. The Morgan fingerprint density at radius 1 is 1.44 bits per heavy atom. The van der Waals surface area contributed by atoms with Crippen molar-refractivity contribution in [2.75, 3.05) is 5.32 Å². The van der Waals surface area contributed by atoms with E-state index in [1.54, 1.807) is 25.4 Å². The van der Waals surface area contributed by atoms with Crippen LogP contribution in [-0.2, 0) is 4.79 Å². The number of anilines is 1. The van der Waals surface area contributed by atoms with Gasteiger partial charge in [0, 0.05) is 12.4 Å². The number of carbonyl (C=O) groups is 1. The number of hydrogen-bond donors (Lipinski definition) is 2. The summed E-state index contributed by atoms with van der Waals surface area (Å²) < 4.78 is 1.86. The van der Waals surface area contributed by atoms with E-state index in [9.17, 15) is 4.79 Å². The largest absolute Gasteiger partial charge is 0.323 e. The Hall–Kier alpha value is -2.21. The second kappa shape index (κ2) is 4.97. The van der Waals surface area contributed by atoms with Gasteiger partial charge < -0.3 is 11.1 Å². The molecule has 6 heteroatoms. The van der Waals surface area contributed by atoms with Gasteiger partial charge in [-0.15, -0.1) is 0 Å².